The van der Waals surface area contributed by atoms with Crippen LogP contribution in [0.25, 0.3) is 6.08 Å². The van der Waals surface area contributed by atoms with Gasteiger partial charge in [-0.25, -0.2) is 13.6 Å². The van der Waals surface area contributed by atoms with Gasteiger partial charge in [-0.3, -0.25) is 4.79 Å². The van der Waals surface area contributed by atoms with Crippen LogP contribution in [0.2, 0.25) is 0 Å². The van der Waals surface area contributed by atoms with Crippen molar-refractivity contribution in [3.63, 3.8) is 0 Å². The first-order valence-corrected chi connectivity index (χ1v) is 5.90. The molecule has 0 fully saturated rings. The van der Waals surface area contributed by atoms with E-state index >= 15 is 0 Å². The Balaban J connectivity index is 2.95. The standard InChI is InChI=1S/C14H14F2O5/c1-14(2,13(19)20)7-21-12-9(15)5-8(6-10(12)16)3-4-11(17)18/h3-6H,7H2,1-2H3,(H,17,18)(H,19,20). The molecule has 0 unspecified atom stereocenters. The molecule has 5 nitrogen and oxygen atoms in total. The minimum Gasteiger partial charge on any atom is -0.486 e. The number of carboxylic acid groups (broad SMARTS) is 2. The Hall–Kier alpha value is -2.44. The van der Waals surface area contributed by atoms with Gasteiger partial charge in [-0.15, -0.1) is 0 Å². The van der Waals surface area contributed by atoms with Gasteiger partial charge in [-0.2, -0.15) is 0 Å². The summed E-state index contributed by atoms with van der Waals surface area (Å²) >= 11 is 0. The van der Waals surface area contributed by atoms with Crippen molar-refractivity contribution in [2.24, 2.45) is 5.41 Å². The van der Waals surface area contributed by atoms with E-state index in [2.05, 4.69) is 0 Å². The average Bonchev–Trinajstić information content (AvgIpc) is 2.35. The molecule has 0 saturated carbocycles. The lowest BCUT2D eigenvalue weighted by atomic mass is 9.95. The quantitative estimate of drug-likeness (QED) is 0.789. The normalized spacial score (nSPS) is 11.6. The summed E-state index contributed by atoms with van der Waals surface area (Å²) in [6.45, 7) is 2.30. The Morgan fingerprint density at radius 1 is 1.24 bits per heavy atom. The number of halogens is 2. The van der Waals surface area contributed by atoms with E-state index in [1.54, 1.807) is 0 Å². The third kappa shape index (κ3) is 4.55. The molecule has 0 aliphatic rings. The molecule has 114 valence electrons. The van der Waals surface area contributed by atoms with Crippen LogP contribution >= 0.6 is 0 Å². The highest BCUT2D eigenvalue weighted by Gasteiger charge is 2.29. The van der Waals surface area contributed by atoms with Gasteiger partial charge < -0.3 is 14.9 Å². The fourth-order valence-corrected chi connectivity index (χ4v) is 1.30. The van der Waals surface area contributed by atoms with Crippen molar-refractivity contribution in [2.45, 2.75) is 13.8 Å². The van der Waals surface area contributed by atoms with E-state index in [4.69, 9.17) is 14.9 Å². The second kappa shape index (κ2) is 6.34. The highest BCUT2D eigenvalue weighted by Crippen LogP contribution is 2.26. The maximum Gasteiger partial charge on any atom is 0.328 e. The molecular formula is C14H14F2O5. The molecule has 0 aromatic heterocycles. The first-order valence-electron chi connectivity index (χ1n) is 5.90. The lowest BCUT2D eigenvalue weighted by molar-refractivity contribution is -0.148. The zero-order valence-electron chi connectivity index (χ0n) is 11.4. The maximum absolute atomic E-state index is 13.7. The summed E-state index contributed by atoms with van der Waals surface area (Å²) in [6.07, 6.45) is 1.77. The SMILES string of the molecule is CC(C)(COc1c(F)cc(C=CC(=O)O)cc1F)C(=O)O. The minimum atomic E-state index is -1.30. The van der Waals surface area contributed by atoms with E-state index in [-0.39, 0.29) is 5.56 Å². The molecule has 0 amide bonds. The Bertz CT molecular complexity index is 570. The number of hydrogen-bond acceptors (Lipinski definition) is 3. The first kappa shape index (κ1) is 16.6. The van der Waals surface area contributed by atoms with Crippen LogP contribution in [-0.2, 0) is 9.59 Å². The fourth-order valence-electron chi connectivity index (χ4n) is 1.30. The van der Waals surface area contributed by atoms with Crippen LogP contribution in [0.1, 0.15) is 19.4 Å². The molecule has 0 aliphatic heterocycles. The van der Waals surface area contributed by atoms with Crippen molar-refractivity contribution in [2.75, 3.05) is 6.61 Å². The lowest BCUT2D eigenvalue weighted by Gasteiger charge is -2.20. The summed E-state index contributed by atoms with van der Waals surface area (Å²) < 4.78 is 32.3. The first-order chi connectivity index (χ1) is 9.63. The smallest absolute Gasteiger partial charge is 0.328 e. The van der Waals surface area contributed by atoms with Crippen LogP contribution in [0.5, 0.6) is 5.75 Å². The molecule has 0 spiro atoms. The van der Waals surface area contributed by atoms with Crippen molar-refractivity contribution in [1.82, 2.24) is 0 Å². The molecule has 0 saturated heterocycles. The molecule has 0 bridgehead atoms. The van der Waals surface area contributed by atoms with Crippen LogP contribution in [-0.4, -0.2) is 28.8 Å². The van der Waals surface area contributed by atoms with E-state index in [1.165, 1.54) is 13.8 Å². The Morgan fingerprint density at radius 2 is 1.76 bits per heavy atom. The topological polar surface area (TPSA) is 83.8 Å². The van der Waals surface area contributed by atoms with Crippen molar-refractivity contribution in [1.29, 1.82) is 0 Å². The summed E-state index contributed by atoms with van der Waals surface area (Å²) in [5.41, 5.74) is -1.29. The van der Waals surface area contributed by atoms with Crippen molar-refractivity contribution in [3.05, 3.63) is 35.4 Å². The van der Waals surface area contributed by atoms with E-state index in [0.29, 0.717) is 0 Å². The van der Waals surface area contributed by atoms with E-state index in [9.17, 15) is 18.4 Å². The minimum absolute atomic E-state index is 0.0113. The van der Waals surface area contributed by atoms with Gasteiger partial charge in [-0.1, -0.05) is 0 Å². The second-order valence-corrected chi connectivity index (χ2v) is 4.96. The van der Waals surface area contributed by atoms with E-state index in [1.807, 2.05) is 0 Å². The Labute approximate surface area is 119 Å². The molecule has 1 aromatic rings. The molecule has 0 aliphatic carbocycles. The number of benzene rings is 1. The van der Waals surface area contributed by atoms with Gasteiger partial charge in [0, 0.05) is 6.08 Å². The third-order valence-corrected chi connectivity index (χ3v) is 2.60. The Kier molecular flexibility index (Phi) is 5.02. The summed E-state index contributed by atoms with van der Waals surface area (Å²) in [5.74, 6) is -5.19. The summed E-state index contributed by atoms with van der Waals surface area (Å²) in [4.78, 5) is 21.2. The molecule has 0 heterocycles. The van der Waals surface area contributed by atoms with Crippen LogP contribution in [0.4, 0.5) is 8.78 Å². The van der Waals surface area contributed by atoms with Gasteiger partial charge in [0.25, 0.3) is 0 Å². The highest BCUT2D eigenvalue weighted by molar-refractivity contribution is 5.85. The van der Waals surface area contributed by atoms with Crippen LogP contribution in [0.3, 0.4) is 0 Å². The van der Waals surface area contributed by atoms with Crippen molar-refractivity contribution >= 4 is 18.0 Å². The summed E-state index contributed by atoms with van der Waals surface area (Å²) in [7, 11) is 0. The molecule has 1 rings (SSSR count). The fraction of sp³-hybridized carbons (Fsp3) is 0.286. The maximum atomic E-state index is 13.7. The van der Waals surface area contributed by atoms with Gasteiger partial charge in [0.1, 0.15) is 6.61 Å². The number of rotatable bonds is 6. The number of ether oxygens (including phenoxy) is 1. The molecule has 7 heteroatoms. The van der Waals surface area contributed by atoms with E-state index in [0.717, 1.165) is 24.3 Å². The number of carboxylic acids is 2. The molecule has 0 radical (unpaired) electrons. The third-order valence-electron chi connectivity index (χ3n) is 2.60. The van der Waals surface area contributed by atoms with Crippen LogP contribution in [0, 0.1) is 17.0 Å². The van der Waals surface area contributed by atoms with Gasteiger partial charge in [0.05, 0.1) is 5.41 Å². The van der Waals surface area contributed by atoms with Gasteiger partial charge >= 0.3 is 11.9 Å². The van der Waals surface area contributed by atoms with Crippen LogP contribution in [0.15, 0.2) is 18.2 Å². The van der Waals surface area contributed by atoms with Gasteiger partial charge in [0.2, 0.25) is 0 Å². The summed E-state index contributed by atoms with van der Waals surface area (Å²) in [5, 5.41) is 17.3. The molecule has 2 N–H and O–H groups in total. The van der Waals surface area contributed by atoms with Gasteiger partial charge in [0.15, 0.2) is 17.4 Å². The number of aliphatic carboxylic acids is 2. The monoisotopic (exact) mass is 300 g/mol. The van der Waals surface area contributed by atoms with Crippen LogP contribution < -0.4 is 4.74 Å². The zero-order chi connectivity index (χ0) is 16.2. The molecular weight excluding hydrogens is 286 g/mol. The predicted molar refractivity (Wildman–Crippen MR) is 69.9 cm³/mol. The molecule has 1 aromatic carbocycles. The van der Waals surface area contributed by atoms with Crippen molar-refractivity contribution in [3.8, 4) is 5.75 Å². The zero-order valence-corrected chi connectivity index (χ0v) is 11.4. The largest absolute Gasteiger partial charge is 0.486 e. The van der Waals surface area contributed by atoms with Crippen molar-refractivity contribution < 1.29 is 33.3 Å². The number of hydrogen-bond donors (Lipinski definition) is 2. The highest BCUT2D eigenvalue weighted by atomic mass is 19.1. The lowest BCUT2D eigenvalue weighted by Crippen LogP contribution is -2.31. The average molecular weight is 300 g/mol. The number of carbonyl (C=O) groups is 2. The molecule has 21 heavy (non-hydrogen) atoms. The molecule has 0 atom stereocenters. The van der Waals surface area contributed by atoms with E-state index < -0.39 is 41.3 Å². The summed E-state index contributed by atoms with van der Waals surface area (Å²) in [6, 6.07) is 1.79. The second-order valence-electron chi connectivity index (χ2n) is 4.96. The predicted octanol–water partition coefficient (Wildman–Crippen LogP) is 2.55. The van der Waals surface area contributed by atoms with Gasteiger partial charge in [-0.05, 0) is 37.6 Å². The Morgan fingerprint density at radius 3 is 2.19 bits per heavy atom.